The molecule has 1 atom stereocenters. The van der Waals surface area contributed by atoms with Gasteiger partial charge in [-0.25, -0.2) is 4.39 Å². The highest BCUT2D eigenvalue weighted by atomic mass is 19.1. The van der Waals surface area contributed by atoms with Gasteiger partial charge in [0.2, 0.25) is 0 Å². The minimum atomic E-state index is -0.137. The van der Waals surface area contributed by atoms with Crippen molar-refractivity contribution < 1.29 is 4.39 Å². The SMILES string of the molecule is C[C@@H](CC1CC1)c1ccc(F)cc1. The van der Waals surface area contributed by atoms with Crippen molar-refractivity contribution in [1.82, 2.24) is 0 Å². The quantitative estimate of drug-likeness (QED) is 0.661. The Morgan fingerprint density at radius 3 is 2.46 bits per heavy atom. The van der Waals surface area contributed by atoms with Crippen LogP contribution in [0, 0.1) is 11.7 Å². The molecule has 1 saturated carbocycles. The summed E-state index contributed by atoms with van der Waals surface area (Å²) in [5, 5.41) is 0. The average molecular weight is 178 g/mol. The fourth-order valence-corrected chi connectivity index (χ4v) is 1.78. The van der Waals surface area contributed by atoms with Crippen LogP contribution in [0.25, 0.3) is 0 Å². The largest absolute Gasteiger partial charge is 0.207 e. The van der Waals surface area contributed by atoms with Gasteiger partial charge in [-0.1, -0.05) is 31.9 Å². The average Bonchev–Trinajstić information content (AvgIpc) is 2.89. The number of rotatable bonds is 3. The van der Waals surface area contributed by atoms with Gasteiger partial charge in [0.05, 0.1) is 0 Å². The zero-order valence-corrected chi connectivity index (χ0v) is 7.96. The predicted octanol–water partition coefficient (Wildman–Crippen LogP) is 3.73. The fourth-order valence-electron chi connectivity index (χ4n) is 1.78. The van der Waals surface area contributed by atoms with E-state index in [1.807, 2.05) is 12.1 Å². The first kappa shape index (κ1) is 8.74. The van der Waals surface area contributed by atoms with E-state index in [1.165, 1.54) is 24.8 Å². The first-order valence-electron chi connectivity index (χ1n) is 5.01. The van der Waals surface area contributed by atoms with E-state index in [2.05, 4.69) is 6.92 Å². The Morgan fingerprint density at radius 1 is 1.31 bits per heavy atom. The summed E-state index contributed by atoms with van der Waals surface area (Å²) in [6.07, 6.45) is 4.06. The van der Waals surface area contributed by atoms with Gasteiger partial charge in [-0.05, 0) is 36.0 Å². The van der Waals surface area contributed by atoms with E-state index in [9.17, 15) is 4.39 Å². The molecule has 2 rings (SSSR count). The molecule has 0 heterocycles. The summed E-state index contributed by atoms with van der Waals surface area (Å²) in [6, 6.07) is 6.92. The van der Waals surface area contributed by atoms with Crippen LogP contribution in [0.15, 0.2) is 24.3 Å². The van der Waals surface area contributed by atoms with E-state index in [0.717, 1.165) is 5.92 Å². The summed E-state index contributed by atoms with van der Waals surface area (Å²) >= 11 is 0. The van der Waals surface area contributed by atoms with Gasteiger partial charge in [0.1, 0.15) is 5.82 Å². The highest BCUT2D eigenvalue weighted by Crippen LogP contribution is 2.38. The molecule has 0 bridgehead atoms. The molecule has 0 unspecified atom stereocenters. The molecule has 0 aliphatic heterocycles. The van der Waals surface area contributed by atoms with Crippen molar-refractivity contribution in [1.29, 1.82) is 0 Å². The van der Waals surface area contributed by atoms with Crippen LogP contribution in [-0.4, -0.2) is 0 Å². The van der Waals surface area contributed by atoms with Gasteiger partial charge in [-0.15, -0.1) is 0 Å². The molecule has 1 aliphatic rings. The molecular formula is C12H15F. The Balaban J connectivity index is 2.01. The van der Waals surface area contributed by atoms with E-state index in [1.54, 1.807) is 12.1 Å². The van der Waals surface area contributed by atoms with Crippen molar-refractivity contribution in [3.8, 4) is 0 Å². The molecule has 70 valence electrons. The first-order valence-corrected chi connectivity index (χ1v) is 5.01. The summed E-state index contributed by atoms with van der Waals surface area (Å²) in [5.41, 5.74) is 1.27. The van der Waals surface area contributed by atoms with E-state index in [-0.39, 0.29) is 5.82 Å². The predicted molar refractivity (Wildman–Crippen MR) is 52.2 cm³/mol. The third-order valence-corrected chi connectivity index (χ3v) is 2.82. The maximum atomic E-state index is 12.6. The Kier molecular flexibility index (Phi) is 2.34. The van der Waals surface area contributed by atoms with Gasteiger partial charge in [0.15, 0.2) is 0 Å². The lowest BCUT2D eigenvalue weighted by Crippen LogP contribution is -1.94. The molecule has 0 N–H and O–H groups in total. The van der Waals surface area contributed by atoms with Crippen molar-refractivity contribution in [2.75, 3.05) is 0 Å². The monoisotopic (exact) mass is 178 g/mol. The van der Waals surface area contributed by atoms with Crippen LogP contribution in [0.2, 0.25) is 0 Å². The molecular weight excluding hydrogens is 163 g/mol. The number of halogens is 1. The third-order valence-electron chi connectivity index (χ3n) is 2.82. The zero-order valence-electron chi connectivity index (χ0n) is 7.96. The van der Waals surface area contributed by atoms with Gasteiger partial charge in [-0.2, -0.15) is 0 Å². The molecule has 1 aliphatic carbocycles. The molecule has 1 aromatic rings. The summed E-state index contributed by atoms with van der Waals surface area (Å²) in [5.74, 6) is 1.40. The van der Waals surface area contributed by atoms with E-state index in [0.29, 0.717) is 5.92 Å². The Labute approximate surface area is 78.8 Å². The van der Waals surface area contributed by atoms with Crippen molar-refractivity contribution in [2.45, 2.75) is 32.1 Å². The molecule has 0 nitrogen and oxygen atoms in total. The molecule has 0 amide bonds. The molecule has 13 heavy (non-hydrogen) atoms. The minimum absolute atomic E-state index is 0.137. The second-order valence-corrected chi connectivity index (χ2v) is 4.13. The zero-order chi connectivity index (χ0) is 9.26. The van der Waals surface area contributed by atoms with Crippen LogP contribution in [0.4, 0.5) is 4.39 Å². The van der Waals surface area contributed by atoms with Gasteiger partial charge >= 0.3 is 0 Å². The smallest absolute Gasteiger partial charge is 0.123 e. The van der Waals surface area contributed by atoms with Crippen LogP contribution in [-0.2, 0) is 0 Å². The summed E-state index contributed by atoms with van der Waals surface area (Å²) in [6.45, 7) is 2.23. The lowest BCUT2D eigenvalue weighted by atomic mass is 9.95. The van der Waals surface area contributed by atoms with Crippen molar-refractivity contribution in [3.63, 3.8) is 0 Å². The normalized spacial score (nSPS) is 18.6. The first-order chi connectivity index (χ1) is 6.25. The topological polar surface area (TPSA) is 0 Å². The van der Waals surface area contributed by atoms with Crippen LogP contribution in [0.5, 0.6) is 0 Å². The number of benzene rings is 1. The second kappa shape index (κ2) is 3.49. The van der Waals surface area contributed by atoms with Crippen LogP contribution >= 0.6 is 0 Å². The van der Waals surface area contributed by atoms with Crippen molar-refractivity contribution >= 4 is 0 Å². The summed E-state index contributed by atoms with van der Waals surface area (Å²) in [7, 11) is 0. The van der Waals surface area contributed by atoms with Crippen LogP contribution < -0.4 is 0 Å². The van der Waals surface area contributed by atoms with Crippen LogP contribution in [0.3, 0.4) is 0 Å². The van der Waals surface area contributed by atoms with Gasteiger partial charge in [0, 0.05) is 0 Å². The van der Waals surface area contributed by atoms with Gasteiger partial charge in [0.25, 0.3) is 0 Å². The van der Waals surface area contributed by atoms with Gasteiger partial charge < -0.3 is 0 Å². The highest BCUT2D eigenvalue weighted by Gasteiger charge is 2.23. The second-order valence-electron chi connectivity index (χ2n) is 4.13. The third kappa shape index (κ3) is 2.30. The molecule has 0 radical (unpaired) electrons. The lowest BCUT2D eigenvalue weighted by Gasteiger charge is -2.10. The van der Waals surface area contributed by atoms with Crippen molar-refractivity contribution in [3.05, 3.63) is 35.6 Å². The molecule has 1 aromatic carbocycles. The van der Waals surface area contributed by atoms with E-state index < -0.39 is 0 Å². The Morgan fingerprint density at radius 2 is 1.92 bits per heavy atom. The Hall–Kier alpha value is -0.850. The molecule has 0 spiro atoms. The standard InChI is InChI=1S/C12H15F/c1-9(8-10-2-3-10)11-4-6-12(13)7-5-11/h4-7,9-10H,2-3,8H2,1H3/t9-/m0/s1. The van der Waals surface area contributed by atoms with Crippen LogP contribution in [0.1, 0.15) is 37.7 Å². The number of hydrogen-bond donors (Lipinski definition) is 0. The fraction of sp³-hybridized carbons (Fsp3) is 0.500. The highest BCUT2D eigenvalue weighted by molar-refractivity contribution is 5.20. The maximum absolute atomic E-state index is 12.6. The molecule has 0 aromatic heterocycles. The van der Waals surface area contributed by atoms with E-state index >= 15 is 0 Å². The Bertz CT molecular complexity index is 272. The minimum Gasteiger partial charge on any atom is -0.207 e. The van der Waals surface area contributed by atoms with Crippen molar-refractivity contribution in [2.24, 2.45) is 5.92 Å². The summed E-state index contributed by atoms with van der Waals surface area (Å²) < 4.78 is 12.6. The molecule has 1 fully saturated rings. The number of hydrogen-bond acceptors (Lipinski definition) is 0. The maximum Gasteiger partial charge on any atom is 0.123 e. The summed E-state index contributed by atoms with van der Waals surface area (Å²) in [4.78, 5) is 0. The van der Waals surface area contributed by atoms with Gasteiger partial charge in [-0.3, -0.25) is 0 Å². The molecule has 0 saturated heterocycles. The molecule has 1 heteroatoms. The van der Waals surface area contributed by atoms with E-state index in [4.69, 9.17) is 0 Å². The lowest BCUT2D eigenvalue weighted by molar-refractivity contribution is 0.608.